The van der Waals surface area contributed by atoms with Gasteiger partial charge in [0.15, 0.2) is 0 Å². The molecule has 1 atom stereocenters. The van der Waals surface area contributed by atoms with Gasteiger partial charge in [-0.2, -0.15) is 0 Å². The van der Waals surface area contributed by atoms with Crippen molar-refractivity contribution in [1.29, 1.82) is 0 Å². The number of carboxylic acid groups (broad SMARTS) is 1. The van der Waals surface area contributed by atoms with E-state index in [1.54, 1.807) is 6.08 Å². The summed E-state index contributed by atoms with van der Waals surface area (Å²) in [5.41, 5.74) is 7.41. The van der Waals surface area contributed by atoms with E-state index in [2.05, 4.69) is 0 Å². The summed E-state index contributed by atoms with van der Waals surface area (Å²) in [6, 6.07) is 6.83. The SMILES string of the molecule is Cc1cccc(/C=C/C(N)C(=O)O)c1. The molecule has 14 heavy (non-hydrogen) atoms. The monoisotopic (exact) mass is 191 g/mol. The van der Waals surface area contributed by atoms with Crippen LogP contribution in [0, 0.1) is 6.92 Å². The molecule has 0 saturated heterocycles. The first kappa shape index (κ1) is 10.5. The fraction of sp³-hybridized carbons (Fsp3) is 0.182. The minimum absolute atomic E-state index is 0.935. The molecule has 3 nitrogen and oxygen atoms in total. The number of carbonyl (C=O) groups is 1. The Kier molecular flexibility index (Phi) is 3.42. The highest BCUT2D eigenvalue weighted by Gasteiger charge is 2.05. The number of hydrogen-bond donors (Lipinski definition) is 2. The number of aryl methyl sites for hydroxylation is 1. The van der Waals surface area contributed by atoms with Gasteiger partial charge in [-0.1, -0.05) is 42.0 Å². The Morgan fingerprint density at radius 3 is 2.86 bits per heavy atom. The average Bonchev–Trinajstić information content (AvgIpc) is 2.14. The first-order chi connectivity index (χ1) is 6.59. The van der Waals surface area contributed by atoms with Crippen molar-refractivity contribution in [3.63, 3.8) is 0 Å². The van der Waals surface area contributed by atoms with E-state index >= 15 is 0 Å². The minimum atomic E-state index is -1.02. The van der Waals surface area contributed by atoms with Crippen molar-refractivity contribution in [2.45, 2.75) is 13.0 Å². The predicted octanol–water partition coefficient (Wildman–Crippen LogP) is 1.42. The number of rotatable bonds is 3. The molecule has 1 aromatic rings. The molecule has 0 radical (unpaired) electrons. The van der Waals surface area contributed by atoms with Gasteiger partial charge in [0.05, 0.1) is 0 Å². The quantitative estimate of drug-likeness (QED) is 0.759. The number of aliphatic carboxylic acids is 1. The summed E-state index contributed by atoms with van der Waals surface area (Å²) >= 11 is 0. The molecule has 1 rings (SSSR count). The Balaban J connectivity index is 2.73. The second-order valence-corrected chi connectivity index (χ2v) is 3.14. The van der Waals surface area contributed by atoms with Gasteiger partial charge in [-0.15, -0.1) is 0 Å². The largest absolute Gasteiger partial charge is 0.480 e. The maximum absolute atomic E-state index is 10.4. The van der Waals surface area contributed by atoms with Crippen LogP contribution in [0.2, 0.25) is 0 Å². The van der Waals surface area contributed by atoms with Crippen LogP contribution in [-0.2, 0) is 4.79 Å². The molecule has 1 unspecified atom stereocenters. The highest BCUT2D eigenvalue weighted by atomic mass is 16.4. The van der Waals surface area contributed by atoms with Crippen molar-refractivity contribution >= 4 is 12.0 Å². The first-order valence-corrected chi connectivity index (χ1v) is 4.33. The maximum atomic E-state index is 10.4. The molecule has 0 amide bonds. The smallest absolute Gasteiger partial charge is 0.324 e. The van der Waals surface area contributed by atoms with Crippen LogP contribution in [-0.4, -0.2) is 17.1 Å². The van der Waals surface area contributed by atoms with E-state index in [-0.39, 0.29) is 0 Å². The van der Waals surface area contributed by atoms with E-state index in [1.165, 1.54) is 6.08 Å². The number of benzene rings is 1. The summed E-state index contributed by atoms with van der Waals surface area (Å²) in [7, 11) is 0. The molecule has 74 valence electrons. The second kappa shape index (κ2) is 4.58. The van der Waals surface area contributed by atoms with Gasteiger partial charge < -0.3 is 10.8 Å². The van der Waals surface area contributed by atoms with Crippen LogP contribution < -0.4 is 5.73 Å². The minimum Gasteiger partial charge on any atom is -0.480 e. The van der Waals surface area contributed by atoms with Crippen molar-refractivity contribution in [1.82, 2.24) is 0 Å². The van der Waals surface area contributed by atoms with E-state index in [4.69, 9.17) is 10.8 Å². The topological polar surface area (TPSA) is 63.3 Å². The molecule has 0 aliphatic rings. The normalized spacial score (nSPS) is 13.0. The molecule has 3 N–H and O–H groups in total. The van der Waals surface area contributed by atoms with Crippen molar-refractivity contribution in [2.75, 3.05) is 0 Å². The lowest BCUT2D eigenvalue weighted by Crippen LogP contribution is -2.27. The molecule has 0 saturated carbocycles. The third kappa shape index (κ3) is 3.03. The molecule has 0 aliphatic carbocycles. The molecule has 0 spiro atoms. The average molecular weight is 191 g/mol. The Morgan fingerprint density at radius 1 is 1.57 bits per heavy atom. The Bertz CT molecular complexity index is 358. The third-order valence-electron chi connectivity index (χ3n) is 1.82. The zero-order valence-electron chi connectivity index (χ0n) is 7.97. The van der Waals surface area contributed by atoms with Gasteiger partial charge in [0.25, 0.3) is 0 Å². The van der Waals surface area contributed by atoms with Crippen molar-refractivity contribution < 1.29 is 9.90 Å². The van der Waals surface area contributed by atoms with Crippen LogP contribution in [0.5, 0.6) is 0 Å². The first-order valence-electron chi connectivity index (χ1n) is 4.33. The number of hydrogen-bond acceptors (Lipinski definition) is 2. The lowest BCUT2D eigenvalue weighted by atomic mass is 10.1. The molecule has 0 aromatic heterocycles. The maximum Gasteiger partial charge on any atom is 0.324 e. The zero-order chi connectivity index (χ0) is 10.6. The Hall–Kier alpha value is -1.61. The van der Waals surface area contributed by atoms with E-state index in [0.717, 1.165) is 11.1 Å². The van der Waals surface area contributed by atoms with Crippen LogP contribution >= 0.6 is 0 Å². The summed E-state index contributed by atoms with van der Waals surface area (Å²) in [5.74, 6) is -1.02. The van der Waals surface area contributed by atoms with Gasteiger partial charge in [-0.05, 0) is 12.5 Å². The summed E-state index contributed by atoms with van der Waals surface area (Å²) in [6.45, 7) is 1.98. The van der Waals surface area contributed by atoms with Gasteiger partial charge in [0, 0.05) is 0 Å². The number of carboxylic acids is 1. The standard InChI is InChI=1S/C11H13NO2/c1-8-3-2-4-9(7-8)5-6-10(12)11(13)14/h2-7,10H,12H2,1H3,(H,13,14)/b6-5+. The summed E-state index contributed by atoms with van der Waals surface area (Å²) in [5, 5.41) is 8.54. The molecule has 0 fully saturated rings. The van der Waals surface area contributed by atoms with Crippen molar-refractivity contribution in [3.05, 3.63) is 41.5 Å². The van der Waals surface area contributed by atoms with Gasteiger partial charge >= 0.3 is 5.97 Å². The van der Waals surface area contributed by atoms with Gasteiger partial charge in [0.2, 0.25) is 0 Å². The van der Waals surface area contributed by atoms with E-state index in [9.17, 15) is 4.79 Å². The van der Waals surface area contributed by atoms with E-state index in [0.29, 0.717) is 0 Å². The van der Waals surface area contributed by atoms with Gasteiger partial charge in [-0.3, -0.25) is 4.79 Å². The summed E-state index contributed by atoms with van der Waals surface area (Å²) in [6.07, 6.45) is 3.18. The summed E-state index contributed by atoms with van der Waals surface area (Å²) < 4.78 is 0. The highest BCUT2D eigenvalue weighted by molar-refractivity contribution is 5.77. The van der Waals surface area contributed by atoms with Gasteiger partial charge in [-0.25, -0.2) is 0 Å². The fourth-order valence-electron chi connectivity index (χ4n) is 1.07. The highest BCUT2D eigenvalue weighted by Crippen LogP contribution is 2.05. The lowest BCUT2D eigenvalue weighted by Gasteiger charge is -1.99. The van der Waals surface area contributed by atoms with Crippen molar-refractivity contribution in [2.24, 2.45) is 5.73 Å². The van der Waals surface area contributed by atoms with Crippen molar-refractivity contribution in [3.8, 4) is 0 Å². The Morgan fingerprint density at radius 2 is 2.29 bits per heavy atom. The van der Waals surface area contributed by atoms with E-state index < -0.39 is 12.0 Å². The van der Waals surface area contributed by atoms with Crippen LogP contribution in [0.15, 0.2) is 30.3 Å². The summed E-state index contributed by atoms with van der Waals surface area (Å²) in [4.78, 5) is 10.4. The van der Waals surface area contributed by atoms with Crippen LogP contribution in [0.25, 0.3) is 6.08 Å². The molecular formula is C11H13NO2. The molecule has 0 bridgehead atoms. The van der Waals surface area contributed by atoms with Gasteiger partial charge in [0.1, 0.15) is 6.04 Å². The molecule has 0 aliphatic heterocycles. The predicted molar refractivity (Wildman–Crippen MR) is 55.8 cm³/mol. The zero-order valence-corrected chi connectivity index (χ0v) is 7.97. The van der Waals surface area contributed by atoms with Crippen LogP contribution in [0.4, 0.5) is 0 Å². The van der Waals surface area contributed by atoms with Crippen LogP contribution in [0.1, 0.15) is 11.1 Å². The number of nitrogens with two attached hydrogens (primary N) is 1. The molecular weight excluding hydrogens is 178 g/mol. The Labute approximate surface area is 82.9 Å². The molecule has 0 heterocycles. The lowest BCUT2D eigenvalue weighted by molar-refractivity contribution is -0.137. The van der Waals surface area contributed by atoms with Crippen LogP contribution in [0.3, 0.4) is 0 Å². The molecule has 3 heteroatoms. The molecule has 1 aromatic carbocycles. The third-order valence-corrected chi connectivity index (χ3v) is 1.82. The fourth-order valence-corrected chi connectivity index (χ4v) is 1.07. The second-order valence-electron chi connectivity index (χ2n) is 3.14. The van der Waals surface area contributed by atoms with E-state index in [1.807, 2.05) is 31.2 Å².